The Labute approximate surface area is 189 Å². The van der Waals surface area contributed by atoms with E-state index in [1.165, 1.54) is 26.8 Å². The SMILES string of the molecule is N=C1C2=C(CCCN1C(=N)C1CCN(CCc3cccc4ccccc34)CC1)SCC2. The molecule has 0 unspecified atom stereocenters. The van der Waals surface area contributed by atoms with E-state index >= 15 is 0 Å². The molecule has 0 amide bonds. The largest absolute Gasteiger partial charge is 0.315 e. The van der Waals surface area contributed by atoms with Gasteiger partial charge in [0.1, 0.15) is 11.7 Å². The van der Waals surface area contributed by atoms with Crippen molar-refractivity contribution in [2.75, 3.05) is 31.9 Å². The Morgan fingerprint density at radius 1 is 1.00 bits per heavy atom. The van der Waals surface area contributed by atoms with Crippen molar-refractivity contribution in [2.24, 2.45) is 5.92 Å². The van der Waals surface area contributed by atoms with E-state index in [2.05, 4.69) is 47.4 Å². The first-order chi connectivity index (χ1) is 15.2. The van der Waals surface area contributed by atoms with Crippen molar-refractivity contribution in [3.8, 4) is 0 Å². The maximum absolute atomic E-state index is 8.89. The Kier molecular flexibility index (Phi) is 6.15. The lowest BCUT2D eigenvalue weighted by Crippen LogP contribution is -2.45. The van der Waals surface area contributed by atoms with Crippen LogP contribution < -0.4 is 0 Å². The van der Waals surface area contributed by atoms with Crippen molar-refractivity contribution in [3.05, 3.63) is 58.5 Å². The number of rotatable bonds is 4. The van der Waals surface area contributed by atoms with Gasteiger partial charge >= 0.3 is 0 Å². The third-order valence-corrected chi connectivity index (χ3v) is 8.36. The quantitative estimate of drug-likeness (QED) is 0.493. The van der Waals surface area contributed by atoms with Crippen LogP contribution in [-0.4, -0.2) is 53.4 Å². The monoisotopic (exact) mass is 432 g/mol. The van der Waals surface area contributed by atoms with Gasteiger partial charge in [0.2, 0.25) is 0 Å². The molecule has 3 aliphatic rings. The number of thioether (sulfide) groups is 1. The average Bonchev–Trinajstić information content (AvgIpc) is 3.23. The Hall–Kier alpha value is -2.11. The first-order valence-electron chi connectivity index (χ1n) is 11.7. The lowest BCUT2D eigenvalue weighted by molar-refractivity contribution is 0.207. The zero-order valence-electron chi connectivity index (χ0n) is 18.2. The Morgan fingerprint density at radius 2 is 1.81 bits per heavy atom. The van der Waals surface area contributed by atoms with Gasteiger partial charge < -0.3 is 9.80 Å². The number of benzene rings is 2. The highest BCUT2D eigenvalue weighted by atomic mass is 32.2. The van der Waals surface area contributed by atoms with Gasteiger partial charge in [0.05, 0.1) is 0 Å². The number of nitrogens with zero attached hydrogens (tertiary/aromatic N) is 2. The zero-order chi connectivity index (χ0) is 21.2. The lowest BCUT2D eigenvalue weighted by atomic mass is 9.93. The van der Waals surface area contributed by atoms with Crippen molar-refractivity contribution in [2.45, 2.75) is 38.5 Å². The fourth-order valence-corrected chi connectivity index (χ4v) is 6.54. The fourth-order valence-electron chi connectivity index (χ4n) is 5.33. The van der Waals surface area contributed by atoms with E-state index in [1.807, 2.05) is 16.7 Å². The van der Waals surface area contributed by atoms with E-state index in [9.17, 15) is 0 Å². The van der Waals surface area contributed by atoms with Crippen LogP contribution in [0.3, 0.4) is 0 Å². The molecule has 0 saturated carbocycles. The second kappa shape index (κ2) is 9.17. The van der Waals surface area contributed by atoms with E-state index in [4.69, 9.17) is 10.8 Å². The topological polar surface area (TPSA) is 54.2 Å². The summed E-state index contributed by atoms with van der Waals surface area (Å²) in [6.07, 6.45) is 6.33. The molecule has 2 aromatic carbocycles. The second-order valence-corrected chi connectivity index (χ2v) is 10.2. The van der Waals surface area contributed by atoms with Crippen LogP contribution in [0, 0.1) is 16.7 Å². The molecule has 1 fully saturated rings. The van der Waals surface area contributed by atoms with Crippen molar-refractivity contribution in [1.82, 2.24) is 9.80 Å². The Bertz CT molecular complexity index is 1010. The van der Waals surface area contributed by atoms with Crippen molar-refractivity contribution in [1.29, 1.82) is 10.8 Å². The van der Waals surface area contributed by atoms with Crippen LogP contribution in [0.25, 0.3) is 10.8 Å². The number of piperidine rings is 1. The standard InChI is InChI=1S/C26H32N4S/c27-25(30-14-4-9-24-23(26(30)28)13-18-31-24)21-11-16-29(17-12-21)15-10-20-7-3-6-19-5-1-2-8-22(19)20/h1-3,5-8,21,27-28H,4,9-18H2. The summed E-state index contributed by atoms with van der Waals surface area (Å²) < 4.78 is 0. The Morgan fingerprint density at radius 3 is 2.68 bits per heavy atom. The predicted octanol–water partition coefficient (Wildman–Crippen LogP) is 5.54. The van der Waals surface area contributed by atoms with Crippen LogP contribution in [0.5, 0.6) is 0 Å². The maximum atomic E-state index is 8.89. The number of amidine groups is 2. The molecule has 0 atom stereocenters. The fraction of sp³-hybridized carbons (Fsp3) is 0.462. The molecule has 5 heteroatoms. The lowest BCUT2D eigenvalue weighted by Gasteiger charge is -2.36. The average molecular weight is 433 g/mol. The van der Waals surface area contributed by atoms with Gasteiger partial charge in [-0.25, -0.2) is 0 Å². The molecule has 31 heavy (non-hydrogen) atoms. The van der Waals surface area contributed by atoms with Crippen molar-refractivity contribution >= 4 is 34.2 Å². The van der Waals surface area contributed by atoms with E-state index in [-0.39, 0.29) is 0 Å². The van der Waals surface area contributed by atoms with Crippen molar-refractivity contribution < 1.29 is 0 Å². The van der Waals surface area contributed by atoms with Crippen LogP contribution in [0.15, 0.2) is 52.9 Å². The minimum absolute atomic E-state index is 0.297. The van der Waals surface area contributed by atoms with E-state index in [1.54, 1.807) is 0 Å². The van der Waals surface area contributed by atoms with Gasteiger partial charge in [0, 0.05) is 30.3 Å². The minimum Gasteiger partial charge on any atom is -0.315 e. The number of allylic oxidation sites excluding steroid dienone is 1. The molecule has 3 aliphatic heterocycles. The number of hydrogen-bond donors (Lipinski definition) is 2. The van der Waals surface area contributed by atoms with Crippen LogP contribution >= 0.6 is 11.8 Å². The third kappa shape index (κ3) is 4.31. The highest BCUT2D eigenvalue weighted by Crippen LogP contribution is 2.38. The van der Waals surface area contributed by atoms with Gasteiger partial charge in [-0.2, -0.15) is 0 Å². The molecule has 2 aromatic rings. The summed E-state index contributed by atoms with van der Waals surface area (Å²) in [5.41, 5.74) is 2.66. The summed E-state index contributed by atoms with van der Waals surface area (Å²) in [7, 11) is 0. The first-order valence-corrected chi connectivity index (χ1v) is 12.7. The van der Waals surface area contributed by atoms with Gasteiger partial charge in [-0.1, -0.05) is 42.5 Å². The molecule has 0 spiro atoms. The number of likely N-dealkylation sites (tertiary alicyclic amines) is 1. The van der Waals surface area contributed by atoms with Gasteiger partial charge in [0.15, 0.2) is 0 Å². The molecule has 0 aliphatic carbocycles. The summed E-state index contributed by atoms with van der Waals surface area (Å²) in [5.74, 6) is 2.74. The minimum atomic E-state index is 0.297. The smallest absolute Gasteiger partial charge is 0.130 e. The van der Waals surface area contributed by atoms with Gasteiger partial charge in [-0.05, 0) is 72.9 Å². The Balaban J connectivity index is 1.17. The highest BCUT2D eigenvalue weighted by molar-refractivity contribution is 8.03. The maximum Gasteiger partial charge on any atom is 0.130 e. The molecule has 3 heterocycles. The molecule has 0 radical (unpaired) electrons. The molecular weight excluding hydrogens is 400 g/mol. The zero-order valence-corrected chi connectivity index (χ0v) is 19.0. The van der Waals surface area contributed by atoms with Crippen LogP contribution in [0.4, 0.5) is 0 Å². The van der Waals surface area contributed by atoms with Crippen LogP contribution in [0.2, 0.25) is 0 Å². The van der Waals surface area contributed by atoms with Crippen LogP contribution in [-0.2, 0) is 6.42 Å². The van der Waals surface area contributed by atoms with Gasteiger partial charge in [-0.3, -0.25) is 10.8 Å². The summed E-state index contributed by atoms with van der Waals surface area (Å²) in [6, 6.07) is 15.3. The molecule has 4 nitrogen and oxygen atoms in total. The molecule has 0 aromatic heterocycles. The van der Waals surface area contributed by atoms with E-state index in [0.29, 0.717) is 17.6 Å². The molecule has 162 valence electrons. The summed E-state index contributed by atoms with van der Waals surface area (Å²) >= 11 is 1.93. The van der Waals surface area contributed by atoms with Gasteiger partial charge in [0.25, 0.3) is 0 Å². The normalized spacial score (nSPS) is 20.9. The van der Waals surface area contributed by atoms with E-state index < -0.39 is 0 Å². The molecule has 5 rings (SSSR count). The van der Waals surface area contributed by atoms with E-state index in [0.717, 1.165) is 70.5 Å². The predicted molar refractivity (Wildman–Crippen MR) is 132 cm³/mol. The van der Waals surface area contributed by atoms with Crippen molar-refractivity contribution in [3.63, 3.8) is 0 Å². The summed E-state index contributed by atoms with van der Waals surface area (Å²) in [4.78, 5) is 6.02. The summed E-state index contributed by atoms with van der Waals surface area (Å²) in [6.45, 7) is 4.04. The number of fused-ring (bicyclic) bond motifs is 1. The van der Waals surface area contributed by atoms with Gasteiger partial charge in [-0.15, -0.1) is 11.8 Å². The third-order valence-electron chi connectivity index (χ3n) is 7.15. The first kappa shape index (κ1) is 20.8. The number of hydrogen-bond acceptors (Lipinski definition) is 4. The van der Waals surface area contributed by atoms with Crippen LogP contribution in [0.1, 0.15) is 37.7 Å². The highest BCUT2D eigenvalue weighted by Gasteiger charge is 2.32. The number of nitrogens with one attached hydrogen (secondary N) is 2. The molecule has 2 N–H and O–H groups in total. The summed E-state index contributed by atoms with van der Waals surface area (Å²) in [5, 5.41) is 20.3. The molecule has 1 saturated heterocycles. The molecule has 0 bridgehead atoms. The second-order valence-electron chi connectivity index (χ2n) is 8.99. The molecular formula is C26H32N4S.